The van der Waals surface area contributed by atoms with E-state index in [0.29, 0.717) is 29.2 Å². The first kappa shape index (κ1) is 25.3. The second kappa shape index (κ2) is 11.3. The third-order valence-corrected chi connectivity index (χ3v) is 7.70. The highest BCUT2D eigenvalue weighted by Gasteiger charge is 2.30. The van der Waals surface area contributed by atoms with E-state index >= 15 is 0 Å². The van der Waals surface area contributed by atoms with E-state index in [-0.39, 0.29) is 17.4 Å². The van der Waals surface area contributed by atoms with Gasteiger partial charge in [-0.15, -0.1) is 0 Å². The molecule has 1 heterocycles. The molecule has 2 aliphatic rings. The lowest BCUT2D eigenvalue weighted by Crippen LogP contribution is -2.37. The molecule has 184 valence electrons. The van der Waals surface area contributed by atoms with Gasteiger partial charge in [0.15, 0.2) is 0 Å². The van der Waals surface area contributed by atoms with Crippen molar-refractivity contribution in [3.8, 4) is 5.75 Å². The van der Waals surface area contributed by atoms with Crippen LogP contribution in [0.4, 0.5) is 8.78 Å². The first-order valence-electron chi connectivity index (χ1n) is 11.9. The maximum Gasteiger partial charge on any atom is 0.264 e. The number of carbonyl (C=O) groups excluding carboxylic acids is 1. The summed E-state index contributed by atoms with van der Waals surface area (Å²) in [6.07, 6.45) is 3.99. The van der Waals surface area contributed by atoms with Gasteiger partial charge in [-0.25, -0.2) is 8.78 Å². The third kappa shape index (κ3) is 6.04. The number of nitrogens with one attached hydrogen (secondary N) is 1. The van der Waals surface area contributed by atoms with E-state index in [1.165, 1.54) is 30.1 Å². The van der Waals surface area contributed by atoms with Gasteiger partial charge in [-0.05, 0) is 86.9 Å². The van der Waals surface area contributed by atoms with Crippen LogP contribution in [-0.2, 0) is 0 Å². The third-order valence-electron chi connectivity index (χ3n) is 6.75. The summed E-state index contributed by atoms with van der Waals surface area (Å²) in [5.41, 5.74) is 1.95. The van der Waals surface area contributed by atoms with Gasteiger partial charge in [-0.3, -0.25) is 14.4 Å². The van der Waals surface area contributed by atoms with Gasteiger partial charge in [0.2, 0.25) is 0 Å². The molecule has 8 heteroatoms. The van der Waals surface area contributed by atoms with Gasteiger partial charge in [0, 0.05) is 22.9 Å². The first-order valence-corrected chi connectivity index (χ1v) is 13.3. The molecule has 2 aromatic carbocycles. The van der Waals surface area contributed by atoms with E-state index in [1.54, 1.807) is 12.1 Å². The van der Waals surface area contributed by atoms with Gasteiger partial charge in [-0.1, -0.05) is 36.5 Å². The number of hydrogen-bond donors (Lipinski definition) is 1. The highest BCUT2D eigenvalue weighted by atomic mass is 35.5. The summed E-state index contributed by atoms with van der Waals surface area (Å²) in [7, 11) is 0. The minimum atomic E-state index is -0.548. The zero-order valence-electron chi connectivity index (χ0n) is 19.6. The maximum absolute atomic E-state index is 14.7. The van der Waals surface area contributed by atoms with E-state index < -0.39 is 11.7 Å². The molecular weight excluding hydrogens is 478 g/mol. The fourth-order valence-electron chi connectivity index (χ4n) is 4.53. The Kier molecular flexibility index (Phi) is 8.38. The average Bonchev–Trinajstić information content (AvgIpc) is 3.66. The van der Waals surface area contributed by atoms with Gasteiger partial charge >= 0.3 is 0 Å². The van der Waals surface area contributed by atoms with Gasteiger partial charge in [0.05, 0.1) is 12.2 Å². The molecule has 4 rings (SSSR count). The zero-order chi connectivity index (χ0) is 24.2. The molecule has 2 aromatic rings. The minimum absolute atomic E-state index is 0.0805. The number of piperidine rings is 1. The van der Waals surface area contributed by atoms with Crippen molar-refractivity contribution in [1.82, 2.24) is 9.62 Å². The lowest BCUT2D eigenvalue weighted by Gasteiger charge is -2.36. The molecule has 1 unspecified atom stereocenters. The Labute approximate surface area is 209 Å². The van der Waals surface area contributed by atoms with Crippen LogP contribution in [0, 0.1) is 17.6 Å². The van der Waals surface area contributed by atoms with Gasteiger partial charge in [0.25, 0.3) is 5.91 Å². The van der Waals surface area contributed by atoms with Crippen molar-refractivity contribution in [2.75, 3.05) is 25.4 Å². The summed E-state index contributed by atoms with van der Waals surface area (Å²) in [4.78, 5) is 14.7. The summed E-state index contributed by atoms with van der Waals surface area (Å²) < 4.78 is 36.9. The van der Waals surface area contributed by atoms with Crippen LogP contribution < -0.4 is 9.46 Å². The Morgan fingerprint density at radius 1 is 1.21 bits per heavy atom. The van der Waals surface area contributed by atoms with Crippen LogP contribution in [0.1, 0.15) is 73.0 Å². The number of rotatable bonds is 9. The van der Waals surface area contributed by atoms with Crippen LogP contribution in [0.3, 0.4) is 0 Å². The largest absolute Gasteiger partial charge is 0.493 e. The second-order valence-electron chi connectivity index (χ2n) is 9.14. The van der Waals surface area contributed by atoms with Gasteiger partial charge < -0.3 is 4.74 Å². The van der Waals surface area contributed by atoms with Gasteiger partial charge in [-0.2, -0.15) is 0 Å². The van der Waals surface area contributed by atoms with Crippen molar-refractivity contribution in [3.05, 3.63) is 63.7 Å². The Morgan fingerprint density at radius 2 is 1.94 bits per heavy atom. The van der Waals surface area contributed by atoms with Crippen LogP contribution in [0.5, 0.6) is 5.75 Å². The van der Waals surface area contributed by atoms with Crippen LogP contribution in [0.15, 0.2) is 30.3 Å². The summed E-state index contributed by atoms with van der Waals surface area (Å²) in [6.45, 7) is 6.33. The summed E-state index contributed by atoms with van der Waals surface area (Å²) in [5, 5.41) is 0.456. The van der Waals surface area contributed by atoms with Crippen LogP contribution >= 0.6 is 23.5 Å². The molecule has 0 bridgehead atoms. The SMILES string of the molecule is CCSNC(=O)c1cc(C2CC2)c(OCC2CCN(C(C)c3ccc(F)cc3Cl)CC2)cc1F. The molecule has 0 radical (unpaired) electrons. The van der Waals surface area contributed by atoms with Crippen molar-refractivity contribution in [2.24, 2.45) is 5.92 Å². The molecule has 1 saturated carbocycles. The zero-order valence-corrected chi connectivity index (χ0v) is 21.2. The fourth-order valence-corrected chi connectivity index (χ4v) is 5.24. The molecule has 2 fully saturated rings. The standard InChI is InChI=1S/C26H31ClF2N2O2S/c1-3-34-30-26(32)22-13-21(18-4-5-18)25(14-24(22)29)33-15-17-8-10-31(11-9-17)16(2)20-7-6-19(28)12-23(20)27/h6-7,12-14,16-18H,3-5,8-11,15H2,1-2H3,(H,30,32). The fraction of sp³-hybridized carbons (Fsp3) is 0.500. The molecule has 4 nitrogen and oxygen atoms in total. The van der Waals surface area contributed by atoms with E-state index in [9.17, 15) is 13.6 Å². The number of likely N-dealkylation sites (tertiary alicyclic amines) is 1. The van der Waals surface area contributed by atoms with E-state index in [4.69, 9.17) is 16.3 Å². The van der Waals surface area contributed by atoms with Crippen LogP contribution in [0.25, 0.3) is 0 Å². The Morgan fingerprint density at radius 3 is 2.59 bits per heavy atom. The van der Waals surface area contributed by atoms with Crippen molar-refractivity contribution in [2.45, 2.75) is 51.5 Å². The first-order chi connectivity index (χ1) is 16.4. The quantitative estimate of drug-likeness (QED) is 0.380. The monoisotopic (exact) mass is 508 g/mol. The Bertz CT molecular complexity index is 1030. The number of ether oxygens (including phenoxy) is 1. The van der Waals surface area contributed by atoms with Crippen LogP contribution in [-0.4, -0.2) is 36.3 Å². The number of amides is 1. The molecule has 0 aromatic heterocycles. The highest BCUT2D eigenvalue weighted by molar-refractivity contribution is 7.97. The number of benzene rings is 2. The predicted molar refractivity (Wildman–Crippen MR) is 134 cm³/mol. The smallest absolute Gasteiger partial charge is 0.264 e. The summed E-state index contributed by atoms with van der Waals surface area (Å²) in [5.74, 6) is 0.712. The van der Waals surface area contributed by atoms with Crippen molar-refractivity contribution < 1.29 is 18.3 Å². The lowest BCUT2D eigenvalue weighted by atomic mass is 9.95. The predicted octanol–water partition coefficient (Wildman–Crippen LogP) is 6.75. The Hall–Kier alpha value is -1.83. The van der Waals surface area contributed by atoms with E-state index in [1.807, 2.05) is 6.92 Å². The molecule has 34 heavy (non-hydrogen) atoms. The van der Waals surface area contributed by atoms with Gasteiger partial charge in [0.1, 0.15) is 17.4 Å². The molecule has 1 amide bonds. The molecular formula is C26H31ClF2N2O2S. The number of nitrogens with zero attached hydrogens (tertiary/aromatic N) is 1. The molecule has 0 spiro atoms. The Balaban J connectivity index is 1.35. The van der Waals surface area contributed by atoms with Crippen molar-refractivity contribution in [1.29, 1.82) is 0 Å². The molecule has 1 aliphatic heterocycles. The van der Waals surface area contributed by atoms with Crippen LogP contribution in [0.2, 0.25) is 5.02 Å². The molecule has 1 saturated heterocycles. The normalized spacial score (nSPS) is 18.0. The highest BCUT2D eigenvalue weighted by Crippen LogP contribution is 2.45. The summed E-state index contributed by atoms with van der Waals surface area (Å²) in [6, 6.07) is 7.73. The number of hydrogen-bond acceptors (Lipinski definition) is 4. The maximum atomic E-state index is 14.7. The lowest BCUT2D eigenvalue weighted by molar-refractivity contribution is 0.0980. The van der Waals surface area contributed by atoms with E-state index in [2.05, 4.69) is 16.5 Å². The minimum Gasteiger partial charge on any atom is -0.493 e. The second-order valence-corrected chi connectivity index (χ2v) is 10.6. The van der Waals surface area contributed by atoms with Crippen molar-refractivity contribution >= 4 is 29.5 Å². The molecule has 1 aliphatic carbocycles. The molecule has 1 N–H and O–H groups in total. The molecule has 1 atom stereocenters. The summed E-state index contributed by atoms with van der Waals surface area (Å²) >= 11 is 7.52. The number of carbonyl (C=O) groups is 1. The van der Waals surface area contributed by atoms with E-state index in [0.717, 1.165) is 55.7 Å². The average molecular weight is 509 g/mol. The topological polar surface area (TPSA) is 41.6 Å². The number of halogens is 3. The van der Waals surface area contributed by atoms with Crippen molar-refractivity contribution in [3.63, 3.8) is 0 Å².